The average Bonchev–Trinajstić information content (AvgIpc) is 1.79. The first-order valence-corrected chi connectivity index (χ1v) is 3.78. The fourth-order valence-electron chi connectivity index (χ4n) is 1.10. The van der Waals surface area contributed by atoms with Crippen molar-refractivity contribution in [2.75, 3.05) is 6.54 Å². The van der Waals surface area contributed by atoms with Gasteiger partial charge in [-0.15, -0.1) is 0 Å². The second kappa shape index (κ2) is 3.67. The van der Waals surface area contributed by atoms with Crippen LogP contribution in [-0.4, -0.2) is 12.6 Å². The van der Waals surface area contributed by atoms with Gasteiger partial charge in [0.25, 0.3) is 0 Å². The normalized spacial score (nSPS) is 29.2. The first kappa shape index (κ1) is 6.81. The van der Waals surface area contributed by atoms with Crippen LogP contribution in [0.1, 0.15) is 26.2 Å². The van der Waals surface area contributed by atoms with Gasteiger partial charge in [0.15, 0.2) is 0 Å². The molecule has 0 amide bonds. The molecule has 0 aromatic heterocycles. The Bertz CT molecular complexity index is 96.7. The van der Waals surface area contributed by atoms with Crippen molar-refractivity contribution in [1.82, 2.24) is 5.32 Å². The molecule has 52 valence electrons. The molecule has 0 radical (unpaired) electrons. The van der Waals surface area contributed by atoms with Crippen molar-refractivity contribution in [2.45, 2.75) is 32.2 Å². The van der Waals surface area contributed by atoms with Gasteiger partial charge in [-0.05, 0) is 32.7 Å². The van der Waals surface area contributed by atoms with Crippen molar-refractivity contribution in [2.24, 2.45) is 0 Å². The van der Waals surface area contributed by atoms with Gasteiger partial charge in [-0.25, -0.2) is 0 Å². The summed E-state index contributed by atoms with van der Waals surface area (Å²) in [6.07, 6.45) is 8.28. The van der Waals surface area contributed by atoms with E-state index in [1.54, 1.807) is 0 Å². The minimum atomic E-state index is 0.718. The number of rotatable bonds is 0. The molecule has 0 saturated heterocycles. The van der Waals surface area contributed by atoms with Crippen LogP contribution in [0, 0.1) is 0 Å². The number of nitrogens with one attached hydrogen (secondary N) is 1. The molecule has 1 aliphatic heterocycles. The van der Waals surface area contributed by atoms with E-state index in [4.69, 9.17) is 0 Å². The van der Waals surface area contributed by atoms with Crippen molar-refractivity contribution in [3.63, 3.8) is 0 Å². The number of hydrogen-bond donors (Lipinski definition) is 1. The maximum atomic E-state index is 3.43. The zero-order valence-electron chi connectivity index (χ0n) is 6.06. The molecule has 1 heterocycles. The molecule has 0 bridgehead atoms. The molecule has 0 saturated carbocycles. The summed E-state index contributed by atoms with van der Waals surface area (Å²) in [7, 11) is 0. The molecular weight excluding hydrogens is 110 g/mol. The molecule has 9 heavy (non-hydrogen) atoms. The zero-order chi connectivity index (χ0) is 6.53. The van der Waals surface area contributed by atoms with E-state index in [1.807, 2.05) is 0 Å². The molecule has 1 nitrogen and oxygen atoms in total. The van der Waals surface area contributed by atoms with Crippen molar-refractivity contribution in [3.05, 3.63) is 12.2 Å². The Labute approximate surface area is 57.1 Å². The van der Waals surface area contributed by atoms with Crippen LogP contribution in [0.5, 0.6) is 0 Å². The van der Waals surface area contributed by atoms with Crippen molar-refractivity contribution < 1.29 is 0 Å². The summed E-state index contributed by atoms with van der Waals surface area (Å²) >= 11 is 0. The van der Waals surface area contributed by atoms with E-state index < -0.39 is 0 Å². The first-order chi connectivity index (χ1) is 4.39. The highest BCUT2D eigenvalue weighted by Gasteiger charge is 1.99. The van der Waals surface area contributed by atoms with E-state index in [9.17, 15) is 0 Å². The van der Waals surface area contributed by atoms with Crippen LogP contribution in [0.25, 0.3) is 0 Å². The van der Waals surface area contributed by atoms with E-state index in [0.29, 0.717) is 0 Å². The second-order valence-corrected chi connectivity index (χ2v) is 2.69. The predicted octanol–water partition coefficient (Wildman–Crippen LogP) is 1.70. The summed E-state index contributed by atoms with van der Waals surface area (Å²) in [4.78, 5) is 0. The van der Waals surface area contributed by atoms with Gasteiger partial charge in [-0.2, -0.15) is 0 Å². The minimum absolute atomic E-state index is 0.718. The third-order valence-electron chi connectivity index (χ3n) is 1.74. The fraction of sp³-hybridized carbons (Fsp3) is 0.750. The molecule has 1 heteroatoms. The van der Waals surface area contributed by atoms with Crippen molar-refractivity contribution in [3.8, 4) is 0 Å². The van der Waals surface area contributed by atoms with E-state index >= 15 is 0 Å². The van der Waals surface area contributed by atoms with Gasteiger partial charge < -0.3 is 5.32 Å². The molecule has 0 aromatic rings. The molecule has 1 unspecified atom stereocenters. The second-order valence-electron chi connectivity index (χ2n) is 2.69. The van der Waals surface area contributed by atoms with Crippen LogP contribution in [0.3, 0.4) is 0 Å². The third-order valence-corrected chi connectivity index (χ3v) is 1.74. The van der Waals surface area contributed by atoms with Crippen LogP contribution in [0.2, 0.25) is 0 Å². The number of hydrogen-bond acceptors (Lipinski definition) is 1. The highest BCUT2D eigenvalue weighted by molar-refractivity contribution is 4.85. The molecule has 1 rings (SSSR count). The SMILES string of the molecule is CC1CCC=CCCN1. The van der Waals surface area contributed by atoms with Gasteiger partial charge in [0, 0.05) is 6.04 Å². The van der Waals surface area contributed by atoms with Gasteiger partial charge in [0.1, 0.15) is 0 Å². The topological polar surface area (TPSA) is 12.0 Å². The quantitative estimate of drug-likeness (QED) is 0.486. The van der Waals surface area contributed by atoms with Gasteiger partial charge in [0.05, 0.1) is 0 Å². The lowest BCUT2D eigenvalue weighted by Gasteiger charge is -2.13. The van der Waals surface area contributed by atoms with Crippen LogP contribution in [-0.2, 0) is 0 Å². The first-order valence-electron chi connectivity index (χ1n) is 3.78. The van der Waals surface area contributed by atoms with Crippen LogP contribution < -0.4 is 5.32 Å². The molecule has 0 aliphatic carbocycles. The molecular formula is C8H15N. The minimum Gasteiger partial charge on any atom is -0.314 e. The molecule has 1 aliphatic rings. The largest absolute Gasteiger partial charge is 0.314 e. The smallest absolute Gasteiger partial charge is 0.00418 e. The Morgan fingerprint density at radius 2 is 2.11 bits per heavy atom. The highest BCUT2D eigenvalue weighted by atomic mass is 14.9. The molecule has 0 fully saturated rings. The lowest BCUT2D eigenvalue weighted by atomic mass is 10.1. The Hall–Kier alpha value is -0.300. The monoisotopic (exact) mass is 125 g/mol. The third kappa shape index (κ3) is 2.66. The van der Waals surface area contributed by atoms with Gasteiger partial charge in [0.2, 0.25) is 0 Å². The van der Waals surface area contributed by atoms with E-state index in [-0.39, 0.29) is 0 Å². The van der Waals surface area contributed by atoms with Crippen LogP contribution in [0.4, 0.5) is 0 Å². The molecule has 0 aromatic carbocycles. The Balaban J connectivity index is 2.27. The average molecular weight is 125 g/mol. The van der Waals surface area contributed by atoms with Crippen LogP contribution in [0.15, 0.2) is 12.2 Å². The Kier molecular flexibility index (Phi) is 2.78. The summed E-state index contributed by atoms with van der Waals surface area (Å²) in [6.45, 7) is 3.40. The van der Waals surface area contributed by atoms with E-state index in [2.05, 4.69) is 24.4 Å². The summed E-state index contributed by atoms with van der Waals surface area (Å²) in [5, 5.41) is 3.43. The lowest BCUT2D eigenvalue weighted by molar-refractivity contribution is 0.516. The summed E-state index contributed by atoms with van der Waals surface area (Å²) in [6, 6.07) is 0.718. The summed E-state index contributed by atoms with van der Waals surface area (Å²) in [5.41, 5.74) is 0. The van der Waals surface area contributed by atoms with E-state index in [1.165, 1.54) is 19.3 Å². The Morgan fingerprint density at radius 1 is 1.33 bits per heavy atom. The standard InChI is InChI=1S/C8H15N/c1-8-6-4-2-3-5-7-9-8/h2-3,8-9H,4-7H2,1H3. The maximum absolute atomic E-state index is 3.43. The summed E-state index contributed by atoms with van der Waals surface area (Å²) in [5.74, 6) is 0. The summed E-state index contributed by atoms with van der Waals surface area (Å²) < 4.78 is 0. The predicted molar refractivity (Wildman–Crippen MR) is 40.5 cm³/mol. The van der Waals surface area contributed by atoms with E-state index in [0.717, 1.165) is 12.6 Å². The fourth-order valence-corrected chi connectivity index (χ4v) is 1.10. The zero-order valence-corrected chi connectivity index (χ0v) is 6.06. The molecule has 0 spiro atoms. The molecule has 1 N–H and O–H groups in total. The van der Waals surface area contributed by atoms with Crippen LogP contribution >= 0.6 is 0 Å². The highest BCUT2D eigenvalue weighted by Crippen LogP contribution is 2.01. The number of allylic oxidation sites excluding steroid dienone is 1. The Morgan fingerprint density at radius 3 is 3.00 bits per heavy atom. The van der Waals surface area contributed by atoms with Gasteiger partial charge in [-0.1, -0.05) is 12.2 Å². The van der Waals surface area contributed by atoms with Gasteiger partial charge in [-0.3, -0.25) is 0 Å². The van der Waals surface area contributed by atoms with Crippen molar-refractivity contribution in [1.29, 1.82) is 0 Å². The lowest BCUT2D eigenvalue weighted by Crippen LogP contribution is -2.27. The maximum Gasteiger partial charge on any atom is 0.00418 e. The molecule has 1 atom stereocenters. The van der Waals surface area contributed by atoms with Gasteiger partial charge >= 0.3 is 0 Å². The van der Waals surface area contributed by atoms with Crippen molar-refractivity contribution >= 4 is 0 Å².